The van der Waals surface area contributed by atoms with Gasteiger partial charge in [-0.3, -0.25) is 0 Å². The van der Waals surface area contributed by atoms with E-state index in [2.05, 4.69) is 5.32 Å². The van der Waals surface area contributed by atoms with Crippen molar-refractivity contribution < 1.29 is 19.5 Å². The Morgan fingerprint density at radius 2 is 1.41 bits per heavy atom. The molecule has 2 rings (SSSR count). The van der Waals surface area contributed by atoms with Crippen molar-refractivity contribution in [1.82, 2.24) is 0 Å². The molecule has 0 aliphatic carbocycles. The number of rotatable bonds is 2. The van der Waals surface area contributed by atoms with Crippen LogP contribution in [0.5, 0.6) is 0 Å². The number of anilines is 1. The minimum absolute atomic E-state index is 0. The van der Waals surface area contributed by atoms with Gasteiger partial charge in [-0.1, -0.05) is 60.4 Å². The van der Waals surface area contributed by atoms with E-state index in [1.54, 1.807) is 11.8 Å². The molecule has 4 heteroatoms. The maximum absolute atomic E-state index is 5.27. The summed E-state index contributed by atoms with van der Waals surface area (Å²) in [7, 11) is 0. The van der Waals surface area contributed by atoms with E-state index < -0.39 is 0 Å². The van der Waals surface area contributed by atoms with E-state index in [1.165, 1.54) is 0 Å². The summed E-state index contributed by atoms with van der Waals surface area (Å²) in [6, 6.07) is 20.1. The smallest absolute Gasteiger partial charge is 0.143 e. The molecule has 0 radical (unpaired) electrons. The van der Waals surface area contributed by atoms with Gasteiger partial charge in [-0.05, 0) is 24.3 Å². The Labute approximate surface area is 124 Å². The van der Waals surface area contributed by atoms with Gasteiger partial charge in [0, 0.05) is 30.1 Å². The fourth-order valence-electron chi connectivity index (χ4n) is 1.26. The maximum atomic E-state index is 5.27. The summed E-state index contributed by atoms with van der Waals surface area (Å²) in [5.41, 5.74) is 1.02. The Morgan fingerprint density at radius 1 is 0.882 bits per heavy atom. The van der Waals surface area contributed by atoms with E-state index in [0.717, 1.165) is 14.9 Å². The third-order valence-electron chi connectivity index (χ3n) is 1.97. The van der Waals surface area contributed by atoms with Crippen LogP contribution in [-0.4, -0.2) is 4.32 Å². The standard InChI is InChI=1S/C13H11NS2.Zn/c15-13(14-11-7-3-1-4-8-11)16-12-9-5-2-6-10-12;/h1-10H,(H,14,15);. The molecule has 2 aromatic rings. The van der Waals surface area contributed by atoms with Crippen molar-refractivity contribution in [1.29, 1.82) is 0 Å². The fraction of sp³-hybridized carbons (Fsp3) is 0. The average molecular weight is 311 g/mol. The molecule has 2 aromatic carbocycles. The Bertz CT molecular complexity index is 416. The molecule has 0 aliphatic heterocycles. The first kappa shape index (κ1) is 14.4. The first-order chi connectivity index (χ1) is 7.84. The Balaban J connectivity index is 0.00000144. The van der Waals surface area contributed by atoms with Crippen LogP contribution in [0, 0.1) is 0 Å². The van der Waals surface area contributed by atoms with E-state index in [0.29, 0.717) is 0 Å². The van der Waals surface area contributed by atoms with Crippen LogP contribution in [0.25, 0.3) is 0 Å². The molecule has 0 aliphatic rings. The third kappa shape index (κ3) is 4.99. The van der Waals surface area contributed by atoms with Crippen LogP contribution in [0.3, 0.4) is 0 Å². The molecule has 0 atom stereocenters. The van der Waals surface area contributed by atoms with Crippen molar-refractivity contribution in [3.05, 3.63) is 60.7 Å². The molecule has 0 fully saturated rings. The second-order valence-corrected chi connectivity index (χ2v) is 4.94. The monoisotopic (exact) mass is 309 g/mol. The molecule has 17 heavy (non-hydrogen) atoms. The van der Waals surface area contributed by atoms with Crippen molar-refractivity contribution in [3.63, 3.8) is 0 Å². The molecular formula is C13H11NS2Zn. The number of nitrogens with one attached hydrogen (secondary N) is 1. The molecule has 1 N–H and O–H groups in total. The molecule has 82 valence electrons. The molecule has 0 amide bonds. The van der Waals surface area contributed by atoms with Gasteiger partial charge in [0.05, 0.1) is 0 Å². The Morgan fingerprint density at radius 3 is 2.00 bits per heavy atom. The zero-order chi connectivity index (χ0) is 11.2. The van der Waals surface area contributed by atoms with Crippen molar-refractivity contribution >= 4 is 34.0 Å². The van der Waals surface area contributed by atoms with Crippen LogP contribution in [0.4, 0.5) is 5.69 Å². The van der Waals surface area contributed by atoms with E-state index in [1.807, 2.05) is 60.7 Å². The summed E-state index contributed by atoms with van der Waals surface area (Å²) in [6.45, 7) is 0. The van der Waals surface area contributed by atoms with Crippen LogP contribution in [0.15, 0.2) is 65.6 Å². The molecule has 0 aromatic heterocycles. The summed E-state index contributed by atoms with van der Waals surface area (Å²) >= 11 is 6.83. The van der Waals surface area contributed by atoms with E-state index in [-0.39, 0.29) is 19.5 Å². The van der Waals surface area contributed by atoms with Crippen LogP contribution < -0.4 is 5.32 Å². The number of thioether (sulfide) groups is 1. The first-order valence-electron chi connectivity index (χ1n) is 4.93. The van der Waals surface area contributed by atoms with Gasteiger partial charge in [0.25, 0.3) is 0 Å². The Hall–Kier alpha value is -0.697. The van der Waals surface area contributed by atoms with Crippen LogP contribution in [0.1, 0.15) is 0 Å². The third-order valence-corrected chi connectivity index (χ3v) is 3.12. The van der Waals surface area contributed by atoms with Gasteiger partial charge in [-0.15, -0.1) is 0 Å². The number of hydrogen-bond acceptors (Lipinski definition) is 2. The number of benzene rings is 2. The molecule has 0 spiro atoms. The van der Waals surface area contributed by atoms with Crippen molar-refractivity contribution in [2.24, 2.45) is 0 Å². The summed E-state index contributed by atoms with van der Waals surface area (Å²) in [4.78, 5) is 1.15. The van der Waals surface area contributed by atoms with Gasteiger partial charge < -0.3 is 5.32 Å². The maximum Gasteiger partial charge on any atom is 0.143 e. The summed E-state index contributed by atoms with van der Waals surface area (Å²) in [5.74, 6) is 0. The van der Waals surface area contributed by atoms with Crippen molar-refractivity contribution in [2.75, 3.05) is 5.32 Å². The fourth-order valence-corrected chi connectivity index (χ4v) is 2.34. The molecule has 1 nitrogen and oxygen atoms in total. The SMILES string of the molecule is S=C(Nc1ccccc1)Sc1ccccc1.[Zn]. The molecule has 0 saturated heterocycles. The number of para-hydroxylation sites is 1. The van der Waals surface area contributed by atoms with Gasteiger partial charge in [0.15, 0.2) is 0 Å². The molecule has 0 unspecified atom stereocenters. The zero-order valence-electron chi connectivity index (χ0n) is 9.30. The number of thiocarbonyl (C=S) groups is 1. The van der Waals surface area contributed by atoms with Gasteiger partial charge in [0.1, 0.15) is 4.32 Å². The number of hydrogen-bond donors (Lipinski definition) is 1. The van der Waals surface area contributed by atoms with Gasteiger partial charge in [-0.2, -0.15) is 0 Å². The topological polar surface area (TPSA) is 12.0 Å². The quantitative estimate of drug-likeness (QED) is 0.508. The van der Waals surface area contributed by atoms with Gasteiger partial charge in [0.2, 0.25) is 0 Å². The second-order valence-electron chi connectivity index (χ2n) is 3.19. The minimum atomic E-state index is 0. The summed E-state index contributed by atoms with van der Waals surface area (Å²) < 4.78 is 0.761. The molecule has 0 bridgehead atoms. The zero-order valence-corrected chi connectivity index (χ0v) is 13.9. The predicted molar refractivity (Wildman–Crippen MR) is 75.0 cm³/mol. The van der Waals surface area contributed by atoms with Crippen LogP contribution >= 0.6 is 24.0 Å². The van der Waals surface area contributed by atoms with Gasteiger partial charge in [-0.25, -0.2) is 0 Å². The van der Waals surface area contributed by atoms with Crippen molar-refractivity contribution in [3.8, 4) is 0 Å². The van der Waals surface area contributed by atoms with E-state index in [9.17, 15) is 0 Å². The van der Waals surface area contributed by atoms with E-state index >= 15 is 0 Å². The van der Waals surface area contributed by atoms with Crippen LogP contribution in [-0.2, 0) is 19.5 Å². The minimum Gasteiger partial charge on any atom is -0.341 e. The van der Waals surface area contributed by atoms with E-state index in [4.69, 9.17) is 12.2 Å². The second kappa shape index (κ2) is 7.60. The normalized spacial score (nSPS) is 9.18. The molecule has 0 heterocycles. The van der Waals surface area contributed by atoms with Crippen LogP contribution in [0.2, 0.25) is 0 Å². The molecule has 0 saturated carbocycles. The van der Waals surface area contributed by atoms with Crippen molar-refractivity contribution in [2.45, 2.75) is 4.90 Å². The summed E-state index contributed by atoms with van der Waals surface area (Å²) in [5, 5.41) is 3.18. The van der Waals surface area contributed by atoms with Gasteiger partial charge >= 0.3 is 0 Å². The summed E-state index contributed by atoms with van der Waals surface area (Å²) in [6.07, 6.45) is 0. The molecular weight excluding hydrogens is 300 g/mol. The first-order valence-corrected chi connectivity index (χ1v) is 6.16. The largest absolute Gasteiger partial charge is 0.341 e. The predicted octanol–water partition coefficient (Wildman–Crippen LogP) is 4.17. The Kier molecular flexibility index (Phi) is 6.42. The average Bonchev–Trinajstić information content (AvgIpc) is 2.31.